The van der Waals surface area contributed by atoms with Crippen LogP contribution in [0.2, 0.25) is 0 Å². The molecule has 0 radical (unpaired) electrons. The first kappa shape index (κ1) is 20.1. The van der Waals surface area contributed by atoms with Crippen LogP contribution in [0.3, 0.4) is 0 Å². The Balaban J connectivity index is 1.37. The molecule has 0 saturated heterocycles. The molecule has 6 heteroatoms. The van der Waals surface area contributed by atoms with Gasteiger partial charge in [-0.1, -0.05) is 80.2 Å². The highest BCUT2D eigenvalue weighted by molar-refractivity contribution is 7.99. The van der Waals surface area contributed by atoms with Crippen LogP contribution in [0.25, 0.3) is 0 Å². The van der Waals surface area contributed by atoms with Crippen molar-refractivity contribution in [2.24, 2.45) is 0 Å². The van der Waals surface area contributed by atoms with E-state index in [1.54, 1.807) is 0 Å². The molecule has 0 fully saturated rings. The Morgan fingerprint density at radius 2 is 1.79 bits per heavy atom. The molecule has 5 nitrogen and oxygen atoms in total. The first-order valence-electron chi connectivity index (χ1n) is 9.45. The number of nitrogens with zero attached hydrogens (tertiary/aromatic N) is 2. The van der Waals surface area contributed by atoms with Gasteiger partial charge in [-0.15, -0.1) is 10.2 Å². The molecule has 0 bridgehead atoms. The van der Waals surface area contributed by atoms with E-state index in [4.69, 9.17) is 4.42 Å². The lowest BCUT2D eigenvalue weighted by atomic mass is 10.0. The zero-order chi connectivity index (χ0) is 19.8. The number of rotatable bonds is 9. The number of aromatic nitrogens is 2. The SMILES string of the molecule is CC(C)c1ccc(CCNC(=O)CSc2nnc(Cc3ccccc3)o2)cc1. The van der Waals surface area contributed by atoms with E-state index in [0.29, 0.717) is 30.0 Å². The fraction of sp³-hybridized carbons (Fsp3) is 0.318. The lowest BCUT2D eigenvalue weighted by Crippen LogP contribution is -2.27. The maximum Gasteiger partial charge on any atom is 0.277 e. The van der Waals surface area contributed by atoms with Crippen molar-refractivity contribution in [2.75, 3.05) is 12.3 Å². The summed E-state index contributed by atoms with van der Waals surface area (Å²) in [7, 11) is 0. The van der Waals surface area contributed by atoms with Gasteiger partial charge in [-0.05, 0) is 29.0 Å². The number of carbonyl (C=O) groups excluding carboxylic acids is 1. The van der Waals surface area contributed by atoms with Gasteiger partial charge in [0.1, 0.15) is 0 Å². The van der Waals surface area contributed by atoms with Gasteiger partial charge in [0.2, 0.25) is 11.8 Å². The molecule has 1 amide bonds. The molecule has 1 N–H and O–H groups in total. The standard InChI is InChI=1S/C22H25N3O2S/c1-16(2)19-10-8-17(9-11-19)12-13-23-20(26)15-28-22-25-24-21(27-22)14-18-6-4-3-5-7-18/h3-11,16H,12-15H2,1-2H3,(H,23,26). The van der Waals surface area contributed by atoms with Crippen molar-refractivity contribution in [3.63, 3.8) is 0 Å². The lowest BCUT2D eigenvalue weighted by molar-refractivity contribution is -0.118. The second-order valence-electron chi connectivity index (χ2n) is 6.91. The molecule has 0 unspecified atom stereocenters. The molecule has 2 aromatic carbocycles. The Bertz CT molecular complexity index is 876. The number of hydrogen-bond donors (Lipinski definition) is 1. The van der Waals surface area contributed by atoms with Crippen LogP contribution < -0.4 is 5.32 Å². The summed E-state index contributed by atoms with van der Waals surface area (Å²) in [5.74, 6) is 1.31. The monoisotopic (exact) mass is 395 g/mol. The van der Waals surface area contributed by atoms with Crippen molar-refractivity contribution in [1.82, 2.24) is 15.5 Å². The van der Waals surface area contributed by atoms with Crippen LogP contribution in [0.1, 0.15) is 42.3 Å². The molecular formula is C22H25N3O2S. The average Bonchev–Trinajstić information content (AvgIpc) is 3.15. The van der Waals surface area contributed by atoms with Crippen LogP contribution in [0, 0.1) is 0 Å². The molecule has 3 aromatic rings. The Kier molecular flexibility index (Phi) is 7.25. The van der Waals surface area contributed by atoms with E-state index in [2.05, 4.69) is 53.6 Å². The minimum atomic E-state index is -0.0355. The number of nitrogens with one attached hydrogen (secondary N) is 1. The highest BCUT2D eigenvalue weighted by Crippen LogP contribution is 2.18. The third kappa shape index (κ3) is 6.23. The van der Waals surface area contributed by atoms with Crippen LogP contribution in [0.15, 0.2) is 64.2 Å². The molecule has 1 aromatic heterocycles. The Hall–Kier alpha value is -2.60. The quantitative estimate of drug-likeness (QED) is 0.549. The molecule has 0 saturated carbocycles. The molecular weight excluding hydrogens is 370 g/mol. The summed E-state index contributed by atoms with van der Waals surface area (Å²) in [4.78, 5) is 12.0. The second kappa shape index (κ2) is 10.1. The van der Waals surface area contributed by atoms with Crippen LogP contribution >= 0.6 is 11.8 Å². The number of carbonyl (C=O) groups is 1. The van der Waals surface area contributed by atoms with E-state index in [9.17, 15) is 4.79 Å². The molecule has 146 valence electrons. The maximum absolute atomic E-state index is 12.0. The highest BCUT2D eigenvalue weighted by atomic mass is 32.2. The number of thioether (sulfide) groups is 1. The minimum Gasteiger partial charge on any atom is -0.416 e. The van der Waals surface area contributed by atoms with Gasteiger partial charge in [0.05, 0.1) is 12.2 Å². The molecule has 0 aliphatic rings. The van der Waals surface area contributed by atoms with E-state index < -0.39 is 0 Å². The predicted molar refractivity (Wildman–Crippen MR) is 112 cm³/mol. The molecule has 0 aliphatic carbocycles. The third-order valence-corrected chi connectivity index (χ3v) is 5.17. The van der Waals surface area contributed by atoms with Crippen LogP contribution in [-0.2, 0) is 17.6 Å². The Labute approximate surface area is 170 Å². The zero-order valence-corrected chi connectivity index (χ0v) is 17.0. The second-order valence-corrected chi connectivity index (χ2v) is 7.84. The van der Waals surface area contributed by atoms with E-state index in [-0.39, 0.29) is 11.7 Å². The zero-order valence-electron chi connectivity index (χ0n) is 16.2. The first-order chi connectivity index (χ1) is 13.6. The summed E-state index contributed by atoms with van der Waals surface area (Å²) in [5.41, 5.74) is 3.66. The summed E-state index contributed by atoms with van der Waals surface area (Å²) in [6, 6.07) is 18.5. The molecule has 3 rings (SSSR count). The smallest absolute Gasteiger partial charge is 0.277 e. The Morgan fingerprint density at radius 3 is 2.50 bits per heavy atom. The number of amides is 1. The van der Waals surface area contributed by atoms with Gasteiger partial charge in [-0.3, -0.25) is 4.79 Å². The fourth-order valence-electron chi connectivity index (χ4n) is 2.73. The number of hydrogen-bond acceptors (Lipinski definition) is 5. The fourth-order valence-corrected chi connectivity index (χ4v) is 3.34. The van der Waals surface area contributed by atoms with Crippen LogP contribution in [-0.4, -0.2) is 28.4 Å². The van der Waals surface area contributed by atoms with E-state index in [1.807, 2.05) is 30.3 Å². The van der Waals surface area contributed by atoms with Gasteiger partial charge in [0.25, 0.3) is 5.22 Å². The van der Waals surface area contributed by atoms with Crippen LogP contribution in [0.4, 0.5) is 0 Å². The third-order valence-electron chi connectivity index (χ3n) is 4.36. The van der Waals surface area contributed by atoms with E-state index in [1.165, 1.54) is 22.9 Å². The summed E-state index contributed by atoms with van der Waals surface area (Å²) in [6.45, 7) is 4.98. The highest BCUT2D eigenvalue weighted by Gasteiger charge is 2.10. The Morgan fingerprint density at radius 1 is 1.04 bits per heavy atom. The minimum absolute atomic E-state index is 0.0355. The summed E-state index contributed by atoms with van der Waals surface area (Å²) in [5, 5.41) is 11.4. The summed E-state index contributed by atoms with van der Waals surface area (Å²) >= 11 is 1.26. The predicted octanol–water partition coefficient (Wildman–Crippen LogP) is 4.23. The first-order valence-corrected chi connectivity index (χ1v) is 10.4. The van der Waals surface area contributed by atoms with Crippen molar-refractivity contribution in [2.45, 2.75) is 37.8 Å². The maximum atomic E-state index is 12.0. The van der Waals surface area contributed by atoms with Crippen molar-refractivity contribution in [1.29, 1.82) is 0 Å². The van der Waals surface area contributed by atoms with Gasteiger partial charge >= 0.3 is 0 Å². The van der Waals surface area contributed by atoms with Gasteiger partial charge in [0.15, 0.2) is 0 Å². The van der Waals surface area contributed by atoms with Crippen molar-refractivity contribution >= 4 is 17.7 Å². The molecule has 1 heterocycles. The normalized spacial score (nSPS) is 11.0. The molecule has 28 heavy (non-hydrogen) atoms. The summed E-state index contributed by atoms with van der Waals surface area (Å²) < 4.78 is 5.60. The lowest BCUT2D eigenvalue weighted by Gasteiger charge is -2.07. The van der Waals surface area contributed by atoms with Crippen molar-refractivity contribution in [3.8, 4) is 0 Å². The number of benzene rings is 2. The molecule has 0 aliphatic heterocycles. The van der Waals surface area contributed by atoms with Crippen LogP contribution in [0.5, 0.6) is 0 Å². The summed E-state index contributed by atoms with van der Waals surface area (Å²) in [6.07, 6.45) is 1.41. The largest absolute Gasteiger partial charge is 0.416 e. The van der Waals surface area contributed by atoms with Gasteiger partial charge in [-0.2, -0.15) is 0 Å². The average molecular weight is 396 g/mol. The van der Waals surface area contributed by atoms with E-state index >= 15 is 0 Å². The van der Waals surface area contributed by atoms with Gasteiger partial charge < -0.3 is 9.73 Å². The van der Waals surface area contributed by atoms with Gasteiger partial charge in [-0.25, -0.2) is 0 Å². The van der Waals surface area contributed by atoms with E-state index in [0.717, 1.165) is 12.0 Å². The van der Waals surface area contributed by atoms with Crippen molar-refractivity contribution < 1.29 is 9.21 Å². The van der Waals surface area contributed by atoms with Crippen molar-refractivity contribution in [3.05, 3.63) is 77.2 Å². The topological polar surface area (TPSA) is 68.0 Å². The van der Waals surface area contributed by atoms with Gasteiger partial charge in [0, 0.05) is 6.54 Å². The molecule has 0 spiro atoms. The molecule has 0 atom stereocenters.